The van der Waals surface area contributed by atoms with Crippen LogP contribution in [0.15, 0.2) is 57.9 Å². The fourth-order valence-electron chi connectivity index (χ4n) is 5.07. The first-order valence-electron chi connectivity index (χ1n) is 10.5. The highest BCUT2D eigenvalue weighted by Crippen LogP contribution is 2.51. The molecule has 0 amide bonds. The lowest BCUT2D eigenvalue weighted by Crippen LogP contribution is -2.36. The molecule has 3 aliphatic rings. The Labute approximate surface area is 186 Å². The number of hydrogen-bond acceptors (Lipinski definition) is 4. The molecule has 2 aromatic carbocycles. The number of hydrogen-bond donors (Lipinski definition) is 2. The van der Waals surface area contributed by atoms with Gasteiger partial charge < -0.3 is 10.4 Å². The minimum absolute atomic E-state index is 0.0421. The zero-order valence-corrected chi connectivity index (χ0v) is 19.0. The third kappa shape index (κ3) is 3.37. The van der Waals surface area contributed by atoms with Crippen molar-refractivity contribution in [3.05, 3.63) is 64.1 Å². The Morgan fingerprint density at radius 2 is 1.83 bits per heavy atom. The van der Waals surface area contributed by atoms with Crippen LogP contribution in [0.1, 0.15) is 48.8 Å². The number of nitrogens with one attached hydrogen (secondary N) is 1. The molecule has 158 valence electrons. The van der Waals surface area contributed by atoms with Crippen LogP contribution in [0.4, 0.5) is 5.69 Å². The van der Waals surface area contributed by atoms with E-state index < -0.39 is 10.0 Å². The van der Waals surface area contributed by atoms with Gasteiger partial charge in [-0.05, 0) is 67.1 Å². The molecular weight excluding hydrogens is 464 g/mol. The summed E-state index contributed by atoms with van der Waals surface area (Å²) in [5.41, 5.74) is 2.82. The number of benzene rings is 2. The van der Waals surface area contributed by atoms with Crippen LogP contribution in [-0.4, -0.2) is 30.9 Å². The SMILES string of the molecule is O=S(=O)(c1ccc2c(c1)C1C=CCC1C(c1cc(Br)ccc1O)N2)N1CCCCC1. The van der Waals surface area contributed by atoms with Gasteiger partial charge in [0.05, 0.1) is 10.9 Å². The van der Waals surface area contributed by atoms with E-state index in [0.717, 1.165) is 47.0 Å². The third-order valence-electron chi connectivity index (χ3n) is 6.61. The van der Waals surface area contributed by atoms with Gasteiger partial charge in [-0.3, -0.25) is 0 Å². The van der Waals surface area contributed by atoms with Gasteiger partial charge in [-0.1, -0.05) is 34.5 Å². The highest BCUT2D eigenvalue weighted by molar-refractivity contribution is 9.10. The molecule has 0 aromatic heterocycles. The molecule has 0 saturated carbocycles. The van der Waals surface area contributed by atoms with Crippen LogP contribution >= 0.6 is 15.9 Å². The Morgan fingerprint density at radius 1 is 1.03 bits per heavy atom. The molecule has 5 nitrogen and oxygen atoms in total. The molecule has 2 aromatic rings. The number of piperidine rings is 1. The predicted octanol–water partition coefficient (Wildman–Crippen LogP) is 5.16. The van der Waals surface area contributed by atoms with E-state index in [4.69, 9.17) is 0 Å². The number of fused-ring (bicyclic) bond motifs is 3. The first-order chi connectivity index (χ1) is 14.4. The number of sulfonamides is 1. The van der Waals surface area contributed by atoms with E-state index in [1.165, 1.54) is 0 Å². The van der Waals surface area contributed by atoms with Crippen LogP contribution in [0, 0.1) is 5.92 Å². The van der Waals surface area contributed by atoms with E-state index in [0.29, 0.717) is 18.0 Å². The van der Waals surface area contributed by atoms with Gasteiger partial charge in [-0.15, -0.1) is 0 Å². The normalized spacial score (nSPS) is 26.1. The van der Waals surface area contributed by atoms with Crippen LogP contribution in [-0.2, 0) is 10.0 Å². The summed E-state index contributed by atoms with van der Waals surface area (Å²) >= 11 is 3.51. The number of allylic oxidation sites excluding steroid dienone is 2. The van der Waals surface area contributed by atoms with Crippen LogP contribution in [0.3, 0.4) is 0 Å². The van der Waals surface area contributed by atoms with Crippen molar-refractivity contribution in [3.8, 4) is 5.75 Å². The first-order valence-corrected chi connectivity index (χ1v) is 12.7. The molecule has 0 spiro atoms. The van der Waals surface area contributed by atoms with Crippen molar-refractivity contribution in [1.29, 1.82) is 0 Å². The molecule has 30 heavy (non-hydrogen) atoms. The summed E-state index contributed by atoms with van der Waals surface area (Å²) in [6, 6.07) is 10.9. The Hall–Kier alpha value is -1.83. The number of anilines is 1. The van der Waals surface area contributed by atoms with Gasteiger partial charge >= 0.3 is 0 Å². The zero-order valence-electron chi connectivity index (χ0n) is 16.6. The molecule has 7 heteroatoms. The molecule has 0 bridgehead atoms. The van der Waals surface area contributed by atoms with Crippen molar-refractivity contribution < 1.29 is 13.5 Å². The summed E-state index contributed by atoms with van der Waals surface area (Å²) in [5.74, 6) is 0.626. The smallest absolute Gasteiger partial charge is 0.243 e. The Bertz CT molecular complexity index is 1110. The molecule has 1 fully saturated rings. The lowest BCUT2D eigenvalue weighted by atomic mass is 9.77. The van der Waals surface area contributed by atoms with Crippen molar-refractivity contribution in [2.24, 2.45) is 5.92 Å². The van der Waals surface area contributed by atoms with Crippen molar-refractivity contribution in [2.75, 3.05) is 18.4 Å². The number of phenolic OH excluding ortho intramolecular Hbond substituents is 1. The number of aromatic hydroxyl groups is 1. The Kier molecular flexibility index (Phi) is 5.16. The monoisotopic (exact) mass is 488 g/mol. The van der Waals surface area contributed by atoms with Crippen LogP contribution in [0.5, 0.6) is 5.75 Å². The highest BCUT2D eigenvalue weighted by atomic mass is 79.9. The Balaban J connectivity index is 1.53. The first kappa shape index (κ1) is 20.1. The average molecular weight is 489 g/mol. The summed E-state index contributed by atoms with van der Waals surface area (Å²) in [4.78, 5) is 0.382. The van der Waals surface area contributed by atoms with Crippen molar-refractivity contribution in [3.63, 3.8) is 0 Å². The third-order valence-corrected chi connectivity index (χ3v) is 9.00. The van der Waals surface area contributed by atoms with E-state index in [-0.39, 0.29) is 23.6 Å². The van der Waals surface area contributed by atoms with Crippen LogP contribution < -0.4 is 5.32 Å². The fourth-order valence-corrected chi connectivity index (χ4v) is 7.00. The molecule has 3 unspecified atom stereocenters. The van der Waals surface area contributed by atoms with Crippen LogP contribution in [0.2, 0.25) is 0 Å². The summed E-state index contributed by atoms with van der Waals surface area (Å²) in [5, 5.41) is 14.1. The van der Waals surface area contributed by atoms with E-state index in [2.05, 4.69) is 33.4 Å². The molecule has 0 radical (unpaired) electrons. The maximum Gasteiger partial charge on any atom is 0.243 e. The number of nitrogens with zero attached hydrogens (tertiary/aromatic N) is 1. The molecule has 2 N–H and O–H groups in total. The minimum Gasteiger partial charge on any atom is -0.508 e. The predicted molar refractivity (Wildman–Crippen MR) is 121 cm³/mol. The van der Waals surface area contributed by atoms with Gasteiger partial charge in [-0.2, -0.15) is 4.31 Å². The summed E-state index contributed by atoms with van der Waals surface area (Å²) in [6.07, 6.45) is 8.19. The number of phenols is 1. The van der Waals surface area contributed by atoms with Crippen molar-refractivity contribution in [1.82, 2.24) is 4.31 Å². The fraction of sp³-hybridized carbons (Fsp3) is 0.391. The maximum absolute atomic E-state index is 13.2. The summed E-state index contributed by atoms with van der Waals surface area (Å²) in [7, 11) is -3.47. The molecule has 3 atom stereocenters. The Morgan fingerprint density at radius 3 is 2.63 bits per heavy atom. The standard InChI is InChI=1S/C23H25BrN2O3S/c24-15-7-10-22(27)20(13-15)23-18-6-4-5-17(18)19-14-16(8-9-21(19)25-23)30(28,29)26-11-2-1-3-12-26/h4-5,7-10,13-14,17-18,23,25,27H,1-3,6,11-12H2. The largest absolute Gasteiger partial charge is 0.508 e. The lowest BCUT2D eigenvalue weighted by molar-refractivity contribution is 0.346. The topological polar surface area (TPSA) is 69.6 Å². The number of rotatable bonds is 3. The van der Waals surface area contributed by atoms with E-state index in [9.17, 15) is 13.5 Å². The zero-order chi connectivity index (χ0) is 20.9. The number of halogens is 1. The van der Waals surface area contributed by atoms with Crippen LogP contribution in [0.25, 0.3) is 0 Å². The average Bonchev–Trinajstić information content (AvgIpc) is 3.25. The van der Waals surface area contributed by atoms with Gasteiger partial charge in [-0.25, -0.2) is 8.42 Å². The molecule has 1 saturated heterocycles. The van der Waals surface area contributed by atoms with Gasteiger partial charge in [0.1, 0.15) is 5.75 Å². The van der Waals surface area contributed by atoms with Crippen molar-refractivity contribution in [2.45, 2.75) is 42.5 Å². The quantitative estimate of drug-likeness (QED) is 0.585. The van der Waals surface area contributed by atoms with Gasteiger partial charge in [0.15, 0.2) is 0 Å². The second-order valence-electron chi connectivity index (χ2n) is 8.39. The molecule has 2 heterocycles. The molecular formula is C23H25BrN2O3S. The lowest BCUT2D eigenvalue weighted by Gasteiger charge is -2.38. The van der Waals surface area contributed by atoms with E-state index >= 15 is 0 Å². The van der Waals surface area contributed by atoms with Crippen molar-refractivity contribution >= 4 is 31.6 Å². The summed E-state index contributed by atoms with van der Waals surface area (Å²) in [6.45, 7) is 1.21. The summed E-state index contributed by atoms with van der Waals surface area (Å²) < 4.78 is 28.9. The maximum atomic E-state index is 13.2. The van der Waals surface area contributed by atoms with Gasteiger partial charge in [0.25, 0.3) is 0 Å². The van der Waals surface area contributed by atoms with E-state index in [1.54, 1.807) is 16.4 Å². The van der Waals surface area contributed by atoms with Gasteiger partial charge in [0.2, 0.25) is 10.0 Å². The molecule has 2 aliphatic heterocycles. The van der Waals surface area contributed by atoms with E-state index in [1.807, 2.05) is 24.3 Å². The minimum atomic E-state index is -3.47. The molecule has 5 rings (SSSR count). The molecule has 1 aliphatic carbocycles. The second-order valence-corrected chi connectivity index (χ2v) is 11.2. The second kappa shape index (κ2) is 7.70. The van der Waals surface area contributed by atoms with Gasteiger partial charge in [0, 0.05) is 34.7 Å². The highest BCUT2D eigenvalue weighted by Gasteiger charge is 2.39.